The van der Waals surface area contributed by atoms with E-state index in [2.05, 4.69) is 21.4 Å². The van der Waals surface area contributed by atoms with Crippen molar-refractivity contribution in [2.45, 2.75) is 63.4 Å². The van der Waals surface area contributed by atoms with Crippen molar-refractivity contribution >= 4 is 38.3 Å². The second kappa shape index (κ2) is 8.28. The smallest absolute Gasteiger partial charge is 0.216 e. The molecule has 32 heavy (non-hydrogen) atoms. The van der Waals surface area contributed by atoms with Gasteiger partial charge in [-0.3, -0.25) is 0 Å². The quantitative estimate of drug-likeness (QED) is 0.488. The lowest BCUT2D eigenvalue weighted by Gasteiger charge is -2.25. The van der Waals surface area contributed by atoms with Gasteiger partial charge in [0.05, 0.1) is 10.8 Å². The summed E-state index contributed by atoms with van der Waals surface area (Å²) in [6, 6.07) is 12.5. The second-order valence-electron chi connectivity index (χ2n) is 9.05. The third-order valence-electron chi connectivity index (χ3n) is 6.14. The van der Waals surface area contributed by atoms with E-state index in [1.165, 1.54) is 12.8 Å². The largest absolute Gasteiger partial charge is 0.367 e. The Morgan fingerprint density at radius 2 is 1.78 bits per heavy atom. The van der Waals surface area contributed by atoms with Crippen molar-refractivity contribution in [1.82, 2.24) is 14.3 Å². The molecule has 0 radical (unpaired) electrons. The van der Waals surface area contributed by atoms with Gasteiger partial charge in [0.1, 0.15) is 12.1 Å². The zero-order chi connectivity index (χ0) is 22.5. The van der Waals surface area contributed by atoms with Gasteiger partial charge in [0.25, 0.3) is 0 Å². The van der Waals surface area contributed by atoms with Crippen LogP contribution in [0.3, 0.4) is 0 Å². The maximum absolute atomic E-state index is 12.9. The molecule has 1 aromatic heterocycles. The number of anilines is 1. The summed E-state index contributed by atoms with van der Waals surface area (Å²) >= 11 is 6.52. The Kier molecular flexibility index (Phi) is 5.60. The predicted octanol–water partition coefficient (Wildman–Crippen LogP) is 5.23. The minimum Gasteiger partial charge on any atom is -0.367 e. The van der Waals surface area contributed by atoms with Crippen molar-refractivity contribution in [1.29, 1.82) is 0 Å². The highest BCUT2D eigenvalue weighted by Gasteiger charge is 2.38. The minimum absolute atomic E-state index is 0.0796. The third kappa shape index (κ3) is 4.34. The van der Waals surface area contributed by atoms with Crippen LogP contribution in [0.25, 0.3) is 22.0 Å². The molecule has 8 heteroatoms. The lowest BCUT2D eigenvalue weighted by atomic mass is 10.0. The number of sulfonamides is 1. The molecular formula is C24H27ClN4O2S. The maximum Gasteiger partial charge on any atom is 0.216 e. The van der Waals surface area contributed by atoms with Gasteiger partial charge >= 0.3 is 0 Å². The van der Waals surface area contributed by atoms with E-state index in [0.717, 1.165) is 46.3 Å². The average molecular weight is 471 g/mol. The molecule has 1 N–H and O–H groups in total. The lowest BCUT2D eigenvalue weighted by Crippen LogP contribution is -2.37. The number of aromatic nitrogens is 2. The van der Waals surface area contributed by atoms with Gasteiger partial charge in [-0.15, -0.1) is 0 Å². The molecule has 3 aromatic rings. The Morgan fingerprint density at radius 1 is 1.06 bits per heavy atom. The van der Waals surface area contributed by atoms with Gasteiger partial charge in [0.2, 0.25) is 10.0 Å². The molecule has 168 valence electrons. The molecule has 2 aromatic carbocycles. The summed E-state index contributed by atoms with van der Waals surface area (Å²) in [5, 5.41) is 4.59. The molecule has 0 amide bonds. The van der Waals surface area contributed by atoms with Gasteiger partial charge in [-0.05, 0) is 80.5 Å². The summed E-state index contributed by atoms with van der Waals surface area (Å²) in [6.07, 6.45) is 5.75. The van der Waals surface area contributed by atoms with Gasteiger partial charge in [-0.25, -0.2) is 18.4 Å². The monoisotopic (exact) mass is 470 g/mol. The summed E-state index contributed by atoms with van der Waals surface area (Å²) in [5.41, 5.74) is 3.73. The van der Waals surface area contributed by atoms with Crippen LogP contribution in [0, 0.1) is 0 Å². The topological polar surface area (TPSA) is 75.2 Å². The van der Waals surface area contributed by atoms with Crippen LogP contribution < -0.4 is 5.32 Å². The van der Waals surface area contributed by atoms with E-state index in [-0.39, 0.29) is 6.04 Å². The van der Waals surface area contributed by atoms with Crippen molar-refractivity contribution in [3.8, 4) is 11.1 Å². The van der Waals surface area contributed by atoms with E-state index in [4.69, 9.17) is 11.6 Å². The molecule has 1 heterocycles. The molecule has 0 aliphatic heterocycles. The fraction of sp³-hybridized carbons (Fsp3) is 0.417. The molecule has 2 saturated carbocycles. The molecule has 6 nitrogen and oxygen atoms in total. The first kappa shape index (κ1) is 21.6. The van der Waals surface area contributed by atoms with Crippen molar-refractivity contribution in [2.75, 3.05) is 5.32 Å². The SMILES string of the molecule is CC(C)S(=O)(=O)N(Cc1cc(-c2ccc3ncnc(NC4CC4)c3c2)ccc1Cl)C1CC1. The van der Waals surface area contributed by atoms with E-state index in [9.17, 15) is 8.42 Å². The molecule has 0 bridgehead atoms. The molecule has 0 atom stereocenters. The van der Waals surface area contributed by atoms with Crippen LogP contribution in [0.2, 0.25) is 5.02 Å². The van der Waals surface area contributed by atoms with Crippen LogP contribution in [0.5, 0.6) is 0 Å². The van der Waals surface area contributed by atoms with Crippen LogP contribution >= 0.6 is 11.6 Å². The van der Waals surface area contributed by atoms with Gasteiger partial charge in [0.15, 0.2) is 0 Å². The predicted molar refractivity (Wildman–Crippen MR) is 129 cm³/mol. The fourth-order valence-corrected chi connectivity index (χ4v) is 5.54. The van der Waals surface area contributed by atoms with E-state index in [0.29, 0.717) is 17.6 Å². The lowest BCUT2D eigenvalue weighted by molar-refractivity contribution is 0.394. The number of nitrogens with zero attached hydrogens (tertiary/aromatic N) is 3. The van der Waals surface area contributed by atoms with E-state index in [1.807, 2.05) is 30.3 Å². The molecule has 2 aliphatic carbocycles. The first-order chi connectivity index (χ1) is 15.3. The van der Waals surface area contributed by atoms with Crippen LogP contribution in [0.15, 0.2) is 42.7 Å². The number of nitrogens with one attached hydrogen (secondary N) is 1. The van der Waals surface area contributed by atoms with Crippen molar-refractivity contribution in [3.05, 3.63) is 53.3 Å². The average Bonchev–Trinajstić information content (AvgIpc) is 3.68. The normalized spacial score (nSPS) is 16.8. The Labute approximate surface area is 194 Å². The summed E-state index contributed by atoms with van der Waals surface area (Å²) in [6.45, 7) is 3.75. The molecule has 2 aliphatic rings. The van der Waals surface area contributed by atoms with Crippen molar-refractivity contribution in [3.63, 3.8) is 0 Å². The summed E-state index contributed by atoms with van der Waals surface area (Å²) < 4.78 is 27.5. The molecule has 5 rings (SSSR count). The zero-order valence-corrected chi connectivity index (χ0v) is 19.8. The molecule has 0 spiro atoms. The van der Waals surface area contributed by atoms with E-state index < -0.39 is 15.3 Å². The Hall–Kier alpha value is -2.22. The van der Waals surface area contributed by atoms with Crippen LogP contribution in [-0.4, -0.2) is 40.0 Å². The van der Waals surface area contributed by atoms with Gasteiger partial charge in [-0.2, -0.15) is 4.31 Å². The maximum atomic E-state index is 12.9. The summed E-state index contributed by atoms with van der Waals surface area (Å²) in [7, 11) is -3.36. The highest BCUT2D eigenvalue weighted by molar-refractivity contribution is 7.89. The van der Waals surface area contributed by atoms with Crippen LogP contribution in [0.1, 0.15) is 45.1 Å². The number of benzene rings is 2. The Bertz CT molecular complexity index is 1270. The first-order valence-corrected chi connectivity index (χ1v) is 13.0. The first-order valence-electron chi connectivity index (χ1n) is 11.1. The molecular weight excluding hydrogens is 444 g/mol. The van der Waals surface area contributed by atoms with E-state index >= 15 is 0 Å². The molecule has 2 fully saturated rings. The minimum atomic E-state index is -3.36. The molecule has 0 unspecified atom stereocenters. The number of halogens is 1. The zero-order valence-electron chi connectivity index (χ0n) is 18.3. The summed E-state index contributed by atoms with van der Waals surface area (Å²) in [4.78, 5) is 8.85. The van der Waals surface area contributed by atoms with Gasteiger partial charge in [0, 0.05) is 29.0 Å². The van der Waals surface area contributed by atoms with Gasteiger partial charge in [-0.1, -0.05) is 23.7 Å². The fourth-order valence-electron chi connectivity index (χ4n) is 3.88. The van der Waals surface area contributed by atoms with Crippen LogP contribution in [0.4, 0.5) is 5.82 Å². The van der Waals surface area contributed by atoms with Gasteiger partial charge < -0.3 is 5.32 Å². The summed E-state index contributed by atoms with van der Waals surface area (Å²) in [5.74, 6) is 0.858. The highest BCUT2D eigenvalue weighted by atomic mass is 35.5. The van der Waals surface area contributed by atoms with Crippen LogP contribution in [-0.2, 0) is 16.6 Å². The number of rotatable bonds is 8. The number of hydrogen-bond acceptors (Lipinski definition) is 5. The van der Waals surface area contributed by atoms with Crippen molar-refractivity contribution in [2.24, 2.45) is 0 Å². The molecule has 0 saturated heterocycles. The van der Waals surface area contributed by atoms with Crippen molar-refractivity contribution < 1.29 is 8.42 Å². The Balaban J connectivity index is 1.50. The number of fused-ring (bicyclic) bond motifs is 1. The van der Waals surface area contributed by atoms with E-state index in [1.54, 1.807) is 24.5 Å². The highest BCUT2D eigenvalue weighted by Crippen LogP contribution is 2.35. The standard InChI is InChI=1S/C24H27ClN4O2S/c1-15(2)32(30,31)29(20-7-8-20)13-18-11-16(3-9-22(18)25)17-4-10-23-21(12-17)24(27-14-26-23)28-19-5-6-19/h3-4,9-12,14-15,19-20H,5-8,13H2,1-2H3,(H,26,27,28). The third-order valence-corrected chi connectivity index (χ3v) is 8.78. The second-order valence-corrected chi connectivity index (χ2v) is 11.9. The number of hydrogen-bond donors (Lipinski definition) is 1. The Morgan fingerprint density at radius 3 is 2.47 bits per heavy atom.